The molecule has 0 aliphatic heterocycles. The van der Waals surface area contributed by atoms with E-state index in [-0.39, 0.29) is 5.91 Å². The van der Waals surface area contributed by atoms with Gasteiger partial charge in [0, 0.05) is 12.1 Å². The Balaban J connectivity index is 1.90. The first-order valence-corrected chi connectivity index (χ1v) is 7.12. The molecule has 0 spiro atoms. The maximum absolute atomic E-state index is 11.9. The zero-order chi connectivity index (χ0) is 15.9. The van der Waals surface area contributed by atoms with Crippen LogP contribution in [0.1, 0.15) is 17.5 Å². The van der Waals surface area contributed by atoms with Gasteiger partial charge in [0.2, 0.25) is 5.91 Å². The van der Waals surface area contributed by atoms with Crippen LogP contribution in [0.25, 0.3) is 0 Å². The van der Waals surface area contributed by atoms with E-state index in [2.05, 4.69) is 5.32 Å². The molecule has 4 nitrogen and oxygen atoms in total. The van der Waals surface area contributed by atoms with E-state index in [0.29, 0.717) is 29.1 Å². The molecular weight excluding hydrogens is 300 g/mol. The number of nitrogens with zero attached hydrogens (tertiary/aromatic N) is 1. The highest BCUT2D eigenvalue weighted by Crippen LogP contribution is 2.20. The van der Waals surface area contributed by atoms with Crippen LogP contribution >= 0.6 is 11.6 Å². The van der Waals surface area contributed by atoms with Gasteiger partial charge in [-0.05, 0) is 42.3 Å². The van der Waals surface area contributed by atoms with Crippen molar-refractivity contribution in [3.8, 4) is 11.8 Å². The normalized spacial score (nSPS) is 9.86. The molecule has 0 heterocycles. The lowest BCUT2D eigenvalue weighted by Crippen LogP contribution is -2.12. The minimum atomic E-state index is -0.100. The molecule has 0 fully saturated rings. The van der Waals surface area contributed by atoms with Crippen molar-refractivity contribution >= 4 is 23.2 Å². The summed E-state index contributed by atoms with van der Waals surface area (Å²) < 4.78 is 5.09. The third-order valence-corrected chi connectivity index (χ3v) is 3.49. The number of ether oxygens (including phenoxy) is 1. The number of nitriles is 1. The van der Waals surface area contributed by atoms with Gasteiger partial charge in [-0.1, -0.05) is 23.7 Å². The van der Waals surface area contributed by atoms with Gasteiger partial charge in [0.15, 0.2) is 0 Å². The first-order valence-electron chi connectivity index (χ1n) is 6.75. The highest BCUT2D eigenvalue weighted by molar-refractivity contribution is 6.32. The SMILES string of the molecule is COc1ccc(CCC(=O)Nc2ccc(C#N)c(Cl)c2)cc1. The predicted octanol–water partition coefficient (Wildman–Crippen LogP) is 3.79. The Bertz CT molecular complexity index is 706. The standard InChI is InChI=1S/C17H15ClN2O2/c1-22-15-7-2-12(3-8-15)4-9-17(21)20-14-6-5-13(11-19)16(18)10-14/h2-3,5-8,10H,4,9H2,1H3,(H,20,21). The van der Waals surface area contributed by atoms with Gasteiger partial charge in [-0.2, -0.15) is 5.26 Å². The van der Waals surface area contributed by atoms with Crippen molar-refractivity contribution in [2.24, 2.45) is 0 Å². The molecule has 0 saturated heterocycles. The van der Waals surface area contributed by atoms with Crippen LogP contribution in [-0.2, 0) is 11.2 Å². The molecule has 1 amide bonds. The van der Waals surface area contributed by atoms with Gasteiger partial charge in [0.05, 0.1) is 17.7 Å². The van der Waals surface area contributed by atoms with E-state index in [4.69, 9.17) is 21.6 Å². The highest BCUT2D eigenvalue weighted by atomic mass is 35.5. The number of hydrogen-bond acceptors (Lipinski definition) is 3. The van der Waals surface area contributed by atoms with E-state index < -0.39 is 0 Å². The molecule has 0 unspecified atom stereocenters. The average molecular weight is 315 g/mol. The molecule has 22 heavy (non-hydrogen) atoms. The Hall–Kier alpha value is -2.51. The molecule has 0 aliphatic carbocycles. The monoisotopic (exact) mass is 314 g/mol. The number of hydrogen-bond donors (Lipinski definition) is 1. The first kappa shape index (κ1) is 15.9. The molecule has 2 rings (SSSR count). The summed E-state index contributed by atoms with van der Waals surface area (Å²) >= 11 is 5.93. The van der Waals surface area contributed by atoms with Crippen molar-refractivity contribution in [1.82, 2.24) is 0 Å². The third kappa shape index (κ3) is 4.24. The van der Waals surface area contributed by atoms with Crippen LogP contribution in [0, 0.1) is 11.3 Å². The third-order valence-electron chi connectivity index (χ3n) is 3.17. The van der Waals surface area contributed by atoms with E-state index in [1.165, 1.54) is 0 Å². The number of carbonyl (C=O) groups is 1. The second-order valence-electron chi connectivity index (χ2n) is 4.70. The lowest BCUT2D eigenvalue weighted by Gasteiger charge is -2.07. The van der Waals surface area contributed by atoms with E-state index in [1.807, 2.05) is 30.3 Å². The van der Waals surface area contributed by atoms with Crippen LogP contribution in [0.15, 0.2) is 42.5 Å². The van der Waals surface area contributed by atoms with Crippen molar-refractivity contribution < 1.29 is 9.53 Å². The van der Waals surface area contributed by atoms with E-state index in [1.54, 1.807) is 25.3 Å². The van der Waals surface area contributed by atoms with Gasteiger partial charge in [0.25, 0.3) is 0 Å². The topological polar surface area (TPSA) is 62.1 Å². The average Bonchev–Trinajstić information content (AvgIpc) is 2.53. The molecule has 0 radical (unpaired) electrons. The summed E-state index contributed by atoms with van der Waals surface area (Å²) in [6, 6.07) is 14.4. The Labute approximate surface area is 134 Å². The number of carbonyl (C=O) groups excluding carboxylic acids is 1. The lowest BCUT2D eigenvalue weighted by molar-refractivity contribution is -0.116. The summed E-state index contributed by atoms with van der Waals surface area (Å²) in [6.45, 7) is 0. The fourth-order valence-electron chi connectivity index (χ4n) is 1.96. The summed E-state index contributed by atoms with van der Waals surface area (Å²) in [4.78, 5) is 11.9. The Kier molecular flexibility index (Phi) is 5.40. The number of benzene rings is 2. The molecule has 0 atom stereocenters. The van der Waals surface area contributed by atoms with Crippen LogP contribution in [0.4, 0.5) is 5.69 Å². The van der Waals surface area contributed by atoms with Crippen molar-refractivity contribution in [1.29, 1.82) is 5.26 Å². The van der Waals surface area contributed by atoms with E-state index in [9.17, 15) is 4.79 Å². The van der Waals surface area contributed by atoms with Crippen LogP contribution in [-0.4, -0.2) is 13.0 Å². The van der Waals surface area contributed by atoms with Gasteiger partial charge in [-0.15, -0.1) is 0 Å². The van der Waals surface area contributed by atoms with Crippen molar-refractivity contribution in [3.63, 3.8) is 0 Å². The molecule has 0 saturated carbocycles. The summed E-state index contributed by atoms with van der Waals surface area (Å²) in [6.07, 6.45) is 1.00. The molecular formula is C17H15ClN2O2. The maximum atomic E-state index is 11.9. The van der Waals surface area contributed by atoms with E-state index in [0.717, 1.165) is 11.3 Å². The zero-order valence-electron chi connectivity index (χ0n) is 12.1. The molecule has 0 aromatic heterocycles. The second kappa shape index (κ2) is 7.48. The number of rotatable bonds is 5. The predicted molar refractivity (Wildman–Crippen MR) is 86.1 cm³/mol. The van der Waals surface area contributed by atoms with E-state index >= 15 is 0 Å². The van der Waals surface area contributed by atoms with Crippen LogP contribution in [0.3, 0.4) is 0 Å². The van der Waals surface area contributed by atoms with Crippen LogP contribution in [0.5, 0.6) is 5.75 Å². The number of nitrogens with one attached hydrogen (secondary N) is 1. The number of halogens is 1. The summed E-state index contributed by atoms with van der Waals surface area (Å²) in [7, 11) is 1.62. The number of anilines is 1. The van der Waals surface area contributed by atoms with Gasteiger partial charge < -0.3 is 10.1 Å². The summed E-state index contributed by atoms with van der Waals surface area (Å²) in [5.41, 5.74) is 2.04. The fraction of sp³-hybridized carbons (Fsp3) is 0.176. The molecule has 1 N–H and O–H groups in total. The number of aryl methyl sites for hydroxylation is 1. The van der Waals surface area contributed by atoms with Crippen molar-refractivity contribution in [3.05, 3.63) is 58.6 Å². The fourth-order valence-corrected chi connectivity index (χ4v) is 2.18. The first-order chi connectivity index (χ1) is 10.6. The molecule has 0 bridgehead atoms. The largest absolute Gasteiger partial charge is 0.497 e. The minimum Gasteiger partial charge on any atom is -0.497 e. The smallest absolute Gasteiger partial charge is 0.224 e. The molecule has 5 heteroatoms. The summed E-state index contributed by atoms with van der Waals surface area (Å²) in [5, 5.41) is 11.9. The zero-order valence-corrected chi connectivity index (χ0v) is 12.9. The summed E-state index contributed by atoms with van der Waals surface area (Å²) in [5.74, 6) is 0.692. The van der Waals surface area contributed by atoms with Crippen LogP contribution in [0.2, 0.25) is 5.02 Å². The Morgan fingerprint density at radius 1 is 1.27 bits per heavy atom. The van der Waals surface area contributed by atoms with Gasteiger partial charge in [-0.3, -0.25) is 4.79 Å². The molecule has 2 aromatic rings. The number of methoxy groups -OCH3 is 1. The molecule has 0 aliphatic rings. The number of amides is 1. The molecule has 112 valence electrons. The minimum absolute atomic E-state index is 0.100. The van der Waals surface area contributed by atoms with Crippen LogP contribution < -0.4 is 10.1 Å². The second-order valence-corrected chi connectivity index (χ2v) is 5.11. The highest BCUT2D eigenvalue weighted by Gasteiger charge is 2.06. The van der Waals surface area contributed by atoms with Gasteiger partial charge in [-0.25, -0.2) is 0 Å². The quantitative estimate of drug-likeness (QED) is 0.913. The molecule has 2 aromatic carbocycles. The Morgan fingerprint density at radius 2 is 2.00 bits per heavy atom. The van der Waals surface area contributed by atoms with Gasteiger partial charge in [0.1, 0.15) is 11.8 Å². The van der Waals surface area contributed by atoms with Gasteiger partial charge >= 0.3 is 0 Å². The lowest BCUT2D eigenvalue weighted by atomic mass is 10.1. The Morgan fingerprint density at radius 3 is 2.59 bits per heavy atom. The van der Waals surface area contributed by atoms with Crippen molar-refractivity contribution in [2.75, 3.05) is 12.4 Å². The maximum Gasteiger partial charge on any atom is 0.224 e. The van der Waals surface area contributed by atoms with Crippen molar-refractivity contribution in [2.45, 2.75) is 12.8 Å².